The molecule has 0 spiro atoms. The third-order valence-corrected chi connectivity index (χ3v) is 2.02. The molecule has 76 valence electrons. The maximum absolute atomic E-state index is 13.1. The molecule has 0 aliphatic heterocycles. The first-order chi connectivity index (χ1) is 7.18. The smallest absolute Gasteiger partial charge is 0.423 e. The monoisotopic (exact) mass is 206 g/mol. The maximum Gasteiger partial charge on any atom is 0.491 e. The summed E-state index contributed by atoms with van der Waals surface area (Å²) < 4.78 is 14.7. The number of halogens is 1. The molecule has 0 atom stereocenters. The Morgan fingerprint density at radius 3 is 2.53 bits per heavy atom. The lowest BCUT2D eigenvalue weighted by Gasteiger charge is -2.05. The Morgan fingerprint density at radius 2 is 1.93 bits per heavy atom. The van der Waals surface area contributed by atoms with E-state index in [4.69, 9.17) is 10.0 Å². The van der Waals surface area contributed by atoms with Crippen LogP contribution in [0.5, 0.6) is 0 Å². The number of nitrogens with zero attached hydrogens (tertiary/aromatic N) is 2. The van der Waals surface area contributed by atoms with Crippen molar-refractivity contribution in [2.75, 3.05) is 0 Å². The lowest BCUT2D eigenvalue weighted by atomic mass is 9.80. The molecule has 0 aromatic carbocycles. The van der Waals surface area contributed by atoms with Gasteiger partial charge in [-0.2, -0.15) is 0 Å². The first kappa shape index (κ1) is 9.88. The van der Waals surface area contributed by atoms with Crippen LogP contribution in [-0.4, -0.2) is 26.7 Å². The number of rotatable bonds is 2. The summed E-state index contributed by atoms with van der Waals surface area (Å²) in [6.07, 6.45) is 4.42. The van der Waals surface area contributed by atoms with Gasteiger partial charge in [-0.3, -0.25) is 0 Å². The van der Waals surface area contributed by atoms with Crippen LogP contribution in [0.3, 0.4) is 0 Å². The summed E-state index contributed by atoms with van der Waals surface area (Å²) in [5.41, 5.74) is -0.186. The average molecular weight is 206 g/mol. The van der Waals surface area contributed by atoms with Gasteiger partial charge in [-0.1, -0.05) is 0 Å². The van der Waals surface area contributed by atoms with Crippen molar-refractivity contribution in [2.24, 2.45) is 0 Å². The second-order valence-electron chi connectivity index (χ2n) is 3.03. The molecule has 0 bridgehead atoms. The highest BCUT2D eigenvalue weighted by Crippen LogP contribution is 2.04. The Morgan fingerprint density at radius 1 is 1.27 bits per heavy atom. The molecule has 2 rings (SSSR count). The fraction of sp³-hybridized carbons (Fsp3) is 0. The molecule has 0 saturated carbocycles. The van der Waals surface area contributed by atoms with E-state index in [2.05, 4.69) is 4.98 Å². The molecule has 2 aromatic rings. The molecule has 0 fully saturated rings. The van der Waals surface area contributed by atoms with E-state index in [1.807, 2.05) is 0 Å². The molecule has 0 saturated heterocycles. The zero-order chi connectivity index (χ0) is 10.8. The van der Waals surface area contributed by atoms with E-state index < -0.39 is 12.9 Å². The largest absolute Gasteiger partial charge is 0.491 e. The van der Waals surface area contributed by atoms with Gasteiger partial charge in [0.1, 0.15) is 11.6 Å². The van der Waals surface area contributed by atoms with Gasteiger partial charge < -0.3 is 14.6 Å². The summed E-state index contributed by atoms with van der Waals surface area (Å²) in [5.74, 6) is -0.301. The Labute approximate surface area is 85.8 Å². The van der Waals surface area contributed by atoms with Crippen LogP contribution in [0.15, 0.2) is 36.8 Å². The summed E-state index contributed by atoms with van der Waals surface area (Å²) in [6.45, 7) is 0. The molecular formula is C9H8BFN2O2. The molecule has 0 amide bonds. The second-order valence-corrected chi connectivity index (χ2v) is 3.03. The first-order valence-corrected chi connectivity index (χ1v) is 4.33. The summed E-state index contributed by atoms with van der Waals surface area (Å²) >= 11 is 0. The van der Waals surface area contributed by atoms with Gasteiger partial charge >= 0.3 is 7.12 Å². The standard InChI is InChI=1S/C9H8BFN2O2/c11-8-6-12-9(5-7(8)10(14)15)13-3-1-2-4-13/h1-6,14-15H. The van der Waals surface area contributed by atoms with Gasteiger partial charge in [0.25, 0.3) is 0 Å². The third-order valence-electron chi connectivity index (χ3n) is 2.02. The van der Waals surface area contributed by atoms with Crippen LogP contribution in [0.25, 0.3) is 5.82 Å². The third kappa shape index (κ3) is 1.90. The predicted molar refractivity (Wildman–Crippen MR) is 53.3 cm³/mol. The van der Waals surface area contributed by atoms with Crippen LogP contribution >= 0.6 is 0 Å². The fourth-order valence-corrected chi connectivity index (χ4v) is 1.27. The van der Waals surface area contributed by atoms with Crippen LogP contribution in [0.1, 0.15) is 0 Å². The lowest BCUT2D eigenvalue weighted by molar-refractivity contribution is 0.423. The minimum Gasteiger partial charge on any atom is -0.423 e. The predicted octanol–water partition coefficient (Wildman–Crippen LogP) is -0.309. The van der Waals surface area contributed by atoms with E-state index in [1.54, 1.807) is 29.1 Å². The maximum atomic E-state index is 13.1. The van der Waals surface area contributed by atoms with Crippen LogP contribution in [-0.2, 0) is 0 Å². The van der Waals surface area contributed by atoms with Crippen molar-refractivity contribution in [1.82, 2.24) is 9.55 Å². The van der Waals surface area contributed by atoms with Gasteiger partial charge in [0.2, 0.25) is 0 Å². The van der Waals surface area contributed by atoms with Crippen molar-refractivity contribution in [3.63, 3.8) is 0 Å². The van der Waals surface area contributed by atoms with Crippen molar-refractivity contribution in [1.29, 1.82) is 0 Å². The molecule has 4 nitrogen and oxygen atoms in total. The zero-order valence-electron chi connectivity index (χ0n) is 7.71. The summed E-state index contributed by atoms with van der Waals surface area (Å²) in [4.78, 5) is 3.83. The molecule has 15 heavy (non-hydrogen) atoms. The highest BCUT2D eigenvalue weighted by Gasteiger charge is 2.17. The molecule has 2 N–H and O–H groups in total. The number of aromatic nitrogens is 2. The number of hydrogen-bond acceptors (Lipinski definition) is 3. The van der Waals surface area contributed by atoms with Crippen LogP contribution in [0, 0.1) is 5.82 Å². The second kappa shape index (κ2) is 3.84. The van der Waals surface area contributed by atoms with Crippen LogP contribution in [0.4, 0.5) is 4.39 Å². The first-order valence-electron chi connectivity index (χ1n) is 4.33. The van der Waals surface area contributed by atoms with Crippen molar-refractivity contribution >= 4 is 12.6 Å². The van der Waals surface area contributed by atoms with Gasteiger partial charge in [0.15, 0.2) is 0 Å². The van der Waals surface area contributed by atoms with Crippen molar-refractivity contribution in [3.8, 4) is 5.82 Å². The SMILES string of the molecule is OB(O)c1cc(-n2cccc2)ncc1F. The highest BCUT2D eigenvalue weighted by molar-refractivity contribution is 6.58. The average Bonchev–Trinajstić information content (AvgIpc) is 2.71. The Balaban J connectivity index is 2.48. The molecule has 2 heterocycles. The van der Waals surface area contributed by atoms with Gasteiger partial charge in [-0.15, -0.1) is 0 Å². The summed E-state index contributed by atoms with van der Waals surface area (Å²) in [7, 11) is -1.83. The van der Waals surface area contributed by atoms with E-state index in [0.717, 1.165) is 6.20 Å². The number of hydrogen-bond donors (Lipinski definition) is 2. The zero-order valence-corrected chi connectivity index (χ0v) is 7.71. The van der Waals surface area contributed by atoms with Gasteiger partial charge in [-0.25, -0.2) is 9.37 Å². The van der Waals surface area contributed by atoms with E-state index in [0.29, 0.717) is 5.82 Å². The van der Waals surface area contributed by atoms with E-state index in [-0.39, 0.29) is 5.46 Å². The molecular weight excluding hydrogens is 198 g/mol. The van der Waals surface area contributed by atoms with E-state index >= 15 is 0 Å². The molecule has 0 radical (unpaired) electrons. The molecule has 0 unspecified atom stereocenters. The minimum atomic E-state index is -1.83. The van der Waals surface area contributed by atoms with E-state index in [9.17, 15) is 4.39 Å². The Hall–Kier alpha value is -1.66. The highest BCUT2D eigenvalue weighted by atomic mass is 19.1. The fourth-order valence-electron chi connectivity index (χ4n) is 1.27. The van der Waals surface area contributed by atoms with Gasteiger partial charge in [0.05, 0.1) is 6.20 Å². The summed E-state index contributed by atoms with van der Waals surface area (Å²) in [6, 6.07) is 4.88. The Kier molecular flexibility index (Phi) is 2.53. The quantitative estimate of drug-likeness (QED) is 0.662. The molecule has 2 aromatic heterocycles. The van der Waals surface area contributed by atoms with Crippen LogP contribution < -0.4 is 5.46 Å². The minimum absolute atomic E-state index is 0.186. The summed E-state index contributed by atoms with van der Waals surface area (Å²) in [5, 5.41) is 17.8. The van der Waals surface area contributed by atoms with Crippen molar-refractivity contribution in [3.05, 3.63) is 42.6 Å². The molecule has 0 aliphatic carbocycles. The topological polar surface area (TPSA) is 58.3 Å². The lowest BCUT2D eigenvalue weighted by Crippen LogP contribution is -2.33. The Bertz CT molecular complexity index is 459. The van der Waals surface area contributed by atoms with Crippen molar-refractivity contribution in [2.45, 2.75) is 0 Å². The molecule has 6 heteroatoms. The number of pyridine rings is 1. The van der Waals surface area contributed by atoms with Gasteiger partial charge in [0, 0.05) is 17.9 Å². The van der Waals surface area contributed by atoms with E-state index in [1.165, 1.54) is 6.07 Å². The molecule has 0 aliphatic rings. The normalized spacial score (nSPS) is 10.3. The van der Waals surface area contributed by atoms with Crippen LogP contribution in [0.2, 0.25) is 0 Å². The van der Waals surface area contributed by atoms with Gasteiger partial charge in [-0.05, 0) is 18.2 Å². The van der Waals surface area contributed by atoms with Crippen molar-refractivity contribution < 1.29 is 14.4 Å².